The van der Waals surface area contributed by atoms with Gasteiger partial charge in [-0.1, -0.05) is 17.8 Å². The summed E-state index contributed by atoms with van der Waals surface area (Å²) in [5, 5.41) is 11.8. The molecule has 3 rings (SSSR count). The lowest BCUT2D eigenvalue weighted by atomic mass is 10.3. The van der Waals surface area contributed by atoms with Gasteiger partial charge >= 0.3 is 0 Å². The summed E-state index contributed by atoms with van der Waals surface area (Å²) in [7, 11) is 0. The molecule has 0 aliphatic carbocycles. The lowest BCUT2D eigenvalue weighted by molar-refractivity contribution is -0.117. The van der Waals surface area contributed by atoms with E-state index in [1.165, 1.54) is 35.6 Å². The van der Waals surface area contributed by atoms with E-state index in [-0.39, 0.29) is 29.3 Å². The number of rotatable bonds is 7. The summed E-state index contributed by atoms with van der Waals surface area (Å²) < 4.78 is 23.5. The van der Waals surface area contributed by atoms with Crippen LogP contribution in [0.3, 0.4) is 0 Å². The maximum atomic E-state index is 12.8. The summed E-state index contributed by atoms with van der Waals surface area (Å²) in [5.41, 5.74) is 0. The first-order chi connectivity index (χ1) is 12.6. The number of amides is 2. The smallest absolute Gasteiger partial charge is 0.277 e. The van der Waals surface area contributed by atoms with E-state index >= 15 is 0 Å². The molecule has 10 heteroatoms. The molecule has 0 bridgehead atoms. The van der Waals surface area contributed by atoms with Crippen LogP contribution in [-0.4, -0.2) is 27.8 Å². The van der Waals surface area contributed by atoms with Crippen LogP contribution in [0, 0.1) is 5.82 Å². The number of thioether (sulfide) groups is 1. The molecule has 1 N–H and O–H groups in total. The summed E-state index contributed by atoms with van der Waals surface area (Å²) in [4.78, 5) is 24.0. The standard InChI is InChI=1S/C16H12FN3O4S2/c17-10-3-5-11(6-4-10)23-8-14-19-20-16(24-14)26-9-13(21)18-15(22)12-2-1-7-25-12/h1-7H,8-9H2,(H,18,21,22). The highest BCUT2D eigenvalue weighted by Gasteiger charge is 2.14. The summed E-state index contributed by atoms with van der Waals surface area (Å²) >= 11 is 2.25. The number of benzene rings is 1. The van der Waals surface area contributed by atoms with Gasteiger partial charge in [0.15, 0.2) is 6.61 Å². The number of carbonyl (C=O) groups is 2. The van der Waals surface area contributed by atoms with Crippen LogP contribution < -0.4 is 10.1 Å². The Balaban J connectivity index is 1.43. The molecule has 3 aromatic rings. The average Bonchev–Trinajstić information content (AvgIpc) is 3.31. The molecule has 1 aromatic carbocycles. The van der Waals surface area contributed by atoms with Crippen molar-refractivity contribution in [3.63, 3.8) is 0 Å². The van der Waals surface area contributed by atoms with Crippen molar-refractivity contribution < 1.29 is 23.1 Å². The average molecular weight is 393 g/mol. The molecule has 7 nitrogen and oxygen atoms in total. The zero-order valence-corrected chi connectivity index (χ0v) is 14.8. The molecular weight excluding hydrogens is 381 g/mol. The van der Waals surface area contributed by atoms with E-state index < -0.39 is 11.8 Å². The van der Waals surface area contributed by atoms with E-state index in [2.05, 4.69) is 15.5 Å². The third-order valence-electron chi connectivity index (χ3n) is 2.95. The number of hydrogen-bond donors (Lipinski definition) is 1. The number of aromatic nitrogens is 2. The normalized spacial score (nSPS) is 10.5. The van der Waals surface area contributed by atoms with Gasteiger partial charge in [-0.15, -0.1) is 21.5 Å². The number of nitrogens with one attached hydrogen (secondary N) is 1. The number of halogens is 1. The van der Waals surface area contributed by atoms with Crippen LogP contribution in [0.4, 0.5) is 4.39 Å². The lowest BCUT2D eigenvalue weighted by Gasteiger charge is -2.02. The molecule has 2 amide bonds. The Morgan fingerprint density at radius 3 is 2.77 bits per heavy atom. The molecule has 0 atom stereocenters. The van der Waals surface area contributed by atoms with Crippen LogP contribution in [0.5, 0.6) is 5.75 Å². The quantitative estimate of drug-likeness (QED) is 0.617. The van der Waals surface area contributed by atoms with E-state index in [0.717, 1.165) is 11.8 Å². The van der Waals surface area contributed by atoms with E-state index in [1.807, 2.05) is 0 Å². The number of hydrogen-bond acceptors (Lipinski definition) is 8. The van der Waals surface area contributed by atoms with Crippen molar-refractivity contribution in [3.8, 4) is 5.75 Å². The summed E-state index contributed by atoms with van der Waals surface area (Å²) in [6.45, 7) is 0.0161. The van der Waals surface area contributed by atoms with Crippen LogP contribution in [0.1, 0.15) is 15.6 Å². The molecule has 0 spiro atoms. The predicted octanol–water partition coefficient (Wildman–Crippen LogP) is 2.90. The molecule has 2 heterocycles. The molecule has 0 saturated heterocycles. The Morgan fingerprint density at radius 2 is 2.04 bits per heavy atom. The Labute approximate surface area is 155 Å². The van der Waals surface area contributed by atoms with Gasteiger partial charge in [0.1, 0.15) is 11.6 Å². The van der Waals surface area contributed by atoms with Crippen molar-refractivity contribution in [2.75, 3.05) is 5.75 Å². The zero-order chi connectivity index (χ0) is 18.4. The van der Waals surface area contributed by atoms with Gasteiger partial charge in [-0.05, 0) is 35.7 Å². The van der Waals surface area contributed by atoms with Gasteiger partial charge in [0.25, 0.3) is 17.0 Å². The molecule has 2 aromatic heterocycles. The summed E-state index contributed by atoms with van der Waals surface area (Å²) in [6, 6.07) is 8.88. The van der Waals surface area contributed by atoms with Crippen molar-refractivity contribution in [2.45, 2.75) is 11.8 Å². The minimum Gasteiger partial charge on any atom is -0.484 e. The fraction of sp³-hybridized carbons (Fsp3) is 0.125. The first-order valence-corrected chi connectivity index (χ1v) is 9.18. The van der Waals surface area contributed by atoms with Crippen LogP contribution in [-0.2, 0) is 11.4 Å². The van der Waals surface area contributed by atoms with E-state index in [9.17, 15) is 14.0 Å². The van der Waals surface area contributed by atoms with Crippen LogP contribution in [0.15, 0.2) is 51.4 Å². The van der Waals surface area contributed by atoms with E-state index in [1.54, 1.807) is 17.5 Å². The second-order valence-electron chi connectivity index (χ2n) is 4.85. The fourth-order valence-electron chi connectivity index (χ4n) is 1.79. The second kappa shape index (κ2) is 8.59. The fourth-order valence-corrected chi connectivity index (χ4v) is 2.99. The van der Waals surface area contributed by atoms with Gasteiger partial charge < -0.3 is 9.15 Å². The van der Waals surface area contributed by atoms with Crippen LogP contribution >= 0.6 is 23.1 Å². The molecule has 0 radical (unpaired) electrons. The minimum atomic E-state index is -0.462. The summed E-state index contributed by atoms with van der Waals surface area (Å²) in [5.74, 6) is -0.626. The number of thiophene rings is 1. The van der Waals surface area contributed by atoms with Crippen LogP contribution in [0.2, 0.25) is 0 Å². The first kappa shape index (κ1) is 18.1. The highest BCUT2D eigenvalue weighted by molar-refractivity contribution is 7.99. The Bertz CT molecular complexity index is 881. The Morgan fingerprint density at radius 1 is 1.23 bits per heavy atom. The predicted molar refractivity (Wildman–Crippen MR) is 92.5 cm³/mol. The highest BCUT2D eigenvalue weighted by atomic mass is 32.2. The van der Waals surface area contributed by atoms with Gasteiger partial charge in [-0.2, -0.15) is 0 Å². The van der Waals surface area contributed by atoms with Crippen molar-refractivity contribution in [3.05, 3.63) is 58.4 Å². The molecule has 0 unspecified atom stereocenters. The molecule has 0 saturated carbocycles. The largest absolute Gasteiger partial charge is 0.484 e. The maximum Gasteiger partial charge on any atom is 0.277 e. The number of imide groups is 1. The Hall–Kier alpha value is -2.72. The maximum absolute atomic E-state index is 12.8. The van der Waals surface area contributed by atoms with Crippen molar-refractivity contribution in [1.29, 1.82) is 0 Å². The first-order valence-electron chi connectivity index (χ1n) is 7.31. The van der Waals surface area contributed by atoms with Gasteiger partial charge in [0.2, 0.25) is 5.91 Å². The molecular formula is C16H12FN3O4S2. The SMILES string of the molecule is O=C(CSc1nnc(COc2ccc(F)cc2)o1)NC(=O)c1cccs1. The topological polar surface area (TPSA) is 94.3 Å². The van der Waals surface area contributed by atoms with E-state index in [4.69, 9.17) is 9.15 Å². The number of ether oxygens (including phenoxy) is 1. The Kier molecular flexibility index (Phi) is 5.97. The minimum absolute atomic E-state index is 0.0161. The monoisotopic (exact) mass is 393 g/mol. The van der Waals surface area contributed by atoms with Gasteiger partial charge in [0, 0.05) is 0 Å². The van der Waals surface area contributed by atoms with Crippen LogP contribution in [0.25, 0.3) is 0 Å². The lowest BCUT2D eigenvalue weighted by Crippen LogP contribution is -2.31. The molecule has 26 heavy (non-hydrogen) atoms. The third-order valence-corrected chi connectivity index (χ3v) is 4.64. The summed E-state index contributed by atoms with van der Waals surface area (Å²) in [6.07, 6.45) is 0. The number of carbonyl (C=O) groups excluding carboxylic acids is 2. The molecule has 0 aliphatic rings. The highest BCUT2D eigenvalue weighted by Crippen LogP contribution is 2.18. The van der Waals surface area contributed by atoms with Crippen molar-refractivity contribution in [1.82, 2.24) is 15.5 Å². The van der Waals surface area contributed by atoms with Gasteiger partial charge in [-0.3, -0.25) is 14.9 Å². The van der Waals surface area contributed by atoms with Gasteiger partial charge in [-0.25, -0.2) is 4.39 Å². The van der Waals surface area contributed by atoms with Crippen molar-refractivity contribution >= 4 is 34.9 Å². The second-order valence-corrected chi connectivity index (χ2v) is 6.72. The van der Waals surface area contributed by atoms with E-state index in [0.29, 0.717) is 10.6 Å². The molecule has 0 fully saturated rings. The van der Waals surface area contributed by atoms with Gasteiger partial charge in [0.05, 0.1) is 10.6 Å². The third kappa shape index (κ3) is 5.14. The zero-order valence-electron chi connectivity index (χ0n) is 13.2. The number of nitrogens with zero attached hydrogens (tertiary/aromatic N) is 2. The molecule has 134 valence electrons. The molecule has 0 aliphatic heterocycles. The van der Waals surface area contributed by atoms with Crippen molar-refractivity contribution in [2.24, 2.45) is 0 Å².